The van der Waals surface area contributed by atoms with Gasteiger partial charge in [-0.3, -0.25) is 9.59 Å². The first-order valence-electron chi connectivity index (χ1n) is 12.7. The van der Waals surface area contributed by atoms with Gasteiger partial charge >= 0.3 is 0 Å². The van der Waals surface area contributed by atoms with Crippen molar-refractivity contribution in [3.63, 3.8) is 0 Å². The third-order valence-electron chi connectivity index (χ3n) is 6.87. The predicted molar refractivity (Wildman–Crippen MR) is 150 cm³/mol. The van der Waals surface area contributed by atoms with Crippen molar-refractivity contribution in [1.82, 2.24) is 14.5 Å². The molecule has 1 heterocycles. The highest BCUT2D eigenvalue weighted by Gasteiger charge is 2.33. The molecule has 1 fully saturated rings. The van der Waals surface area contributed by atoms with Gasteiger partial charge in [-0.15, -0.1) is 0 Å². The third kappa shape index (κ3) is 4.98. The first-order chi connectivity index (χ1) is 18.9. The fourth-order valence-corrected chi connectivity index (χ4v) is 5.94. The van der Waals surface area contributed by atoms with Gasteiger partial charge in [0.1, 0.15) is 0 Å². The Hall–Kier alpha value is -4.56. The topological polar surface area (TPSA) is 98.1 Å². The van der Waals surface area contributed by atoms with E-state index in [2.05, 4.69) is 4.72 Å². The molecule has 1 saturated carbocycles. The Morgan fingerprint density at radius 1 is 0.795 bits per heavy atom. The van der Waals surface area contributed by atoms with Gasteiger partial charge in [-0.25, -0.2) is 17.8 Å². The Bertz CT molecular complexity index is 1860. The van der Waals surface area contributed by atoms with E-state index in [4.69, 9.17) is 5.10 Å². The van der Waals surface area contributed by atoms with Crippen LogP contribution in [0.3, 0.4) is 0 Å². The number of nitrogens with one attached hydrogen (secondary N) is 1. The molecule has 4 aromatic carbocycles. The number of carbonyl (C=O) groups is 1. The number of hydrogen-bond donors (Lipinski definition) is 1. The minimum atomic E-state index is -4.01. The van der Waals surface area contributed by atoms with E-state index < -0.39 is 15.9 Å². The van der Waals surface area contributed by atoms with Gasteiger partial charge in [-0.2, -0.15) is 5.10 Å². The van der Waals surface area contributed by atoms with Crippen LogP contribution in [0.2, 0.25) is 0 Å². The number of sulfonamides is 1. The van der Waals surface area contributed by atoms with Crippen molar-refractivity contribution in [3.05, 3.63) is 119 Å². The number of carbonyl (C=O) groups excluding carboxylic acids is 1. The van der Waals surface area contributed by atoms with Crippen LogP contribution >= 0.6 is 0 Å². The summed E-state index contributed by atoms with van der Waals surface area (Å²) in [4.78, 5) is 25.5. The van der Waals surface area contributed by atoms with Gasteiger partial charge in [-0.1, -0.05) is 91.0 Å². The summed E-state index contributed by atoms with van der Waals surface area (Å²) in [5.41, 5.74) is 3.48. The monoisotopic (exact) mass is 535 g/mol. The number of rotatable bonds is 7. The molecule has 194 valence electrons. The lowest BCUT2D eigenvalue weighted by Crippen LogP contribution is -2.32. The summed E-state index contributed by atoms with van der Waals surface area (Å²) >= 11 is 0. The second kappa shape index (κ2) is 9.96. The van der Waals surface area contributed by atoms with Crippen molar-refractivity contribution in [3.8, 4) is 22.4 Å². The van der Waals surface area contributed by atoms with E-state index in [-0.39, 0.29) is 22.9 Å². The van der Waals surface area contributed by atoms with Gasteiger partial charge in [0.2, 0.25) is 5.91 Å². The molecule has 0 aliphatic heterocycles. The lowest BCUT2D eigenvalue weighted by atomic mass is 10.0. The van der Waals surface area contributed by atoms with Crippen LogP contribution in [0.15, 0.2) is 113 Å². The number of amides is 1. The smallest absolute Gasteiger partial charge is 0.274 e. The highest BCUT2D eigenvalue weighted by Crippen LogP contribution is 2.31. The van der Waals surface area contributed by atoms with Crippen molar-refractivity contribution in [2.24, 2.45) is 5.92 Å². The number of fused-ring (bicyclic) bond motifs is 1. The lowest BCUT2D eigenvalue weighted by molar-refractivity contribution is -0.120. The van der Waals surface area contributed by atoms with Crippen molar-refractivity contribution < 1.29 is 13.2 Å². The van der Waals surface area contributed by atoms with Crippen LogP contribution in [-0.4, -0.2) is 24.1 Å². The molecule has 1 N–H and O–H groups in total. The van der Waals surface area contributed by atoms with Crippen molar-refractivity contribution in [2.45, 2.75) is 24.3 Å². The van der Waals surface area contributed by atoms with E-state index >= 15 is 0 Å². The van der Waals surface area contributed by atoms with Gasteiger partial charge in [-0.05, 0) is 36.1 Å². The Morgan fingerprint density at radius 2 is 1.44 bits per heavy atom. The molecule has 0 saturated heterocycles. The van der Waals surface area contributed by atoms with Crippen molar-refractivity contribution >= 4 is 26.7 Å². The van der Waals surface area contributed by atoms with E-state index in [1.54, 1.807) is 18.2 Å². The molecular weight excluding hydrogens is 510 g/mol. The second-order valence-corrected chi connectivity index (χ2v) is 11.3. The highest BCUT2D eigenvalue weighted by atomic mass is 32.2. The van der Waals surface area contributed by atoms with Crippen molar-refractivity contribution in [2.75, 3.05) is 0 Å². The number of hydrogen-bond acceptors (Lipinski definition) is 5. The summed E-state index contributed by atoms with van der Waals surface area (Å²) in [6.07, 6.45) is 1.43. The van der Waals surface area contributed by atoms with Gasteiger partial charge in [0.05, 0.1) is 22.5 Å². The van der Waals surface area contributed by atoms with Gasteiger partial charge in [0.15, 0.2) is 0 Å². The molecule has 0 atom stereocenters. The minimum absolute atomic E-state index is 0.0478. The van der Waals surface area contributed by atoms with Gasteiger partial charge in [0, 0.05) is 22.4 Å². The third-order valence-corrected chi connectivity index (χ3v) is 8.28. The Balaban J connectivity index is 1.33. The van der Waals surface area contributed by atoms with E-state index in [0.717, 1.165) is 22.2 Å². The number of aromatic nitrogens is 2. The Morgan fingerprint density at radius 3 is 2.15 bits per heavy atom. The molecule has 0 bridgehead atoms. The van der Waals surface area contributed by atoms with Crippen LogP contribution in [0.1, 0.15) is 18.4 Å². The molecular formula is C31H25N3O4S. The summed E-state index contributed by atoms with van der Waals surface area (Å²) in [6.45, 7) is 0.251. The summed E-state index contributed by atoms with van der Waals surface area (Å²) in [5, 5.41) is 6.12. The number of nitrogens with zero attached hydrogens (tertiary/aromatic N) is 2. The van der Waals surface area contributed by atoms with Gasteiger partial charge < -0.3 is 0 Å². The van der Waals surface area contributed by atoms with Crippen LogP contribution in [0.5, 0.6) is 0 Å². The first-order valence-corrected chi connectivity index (χ1v) is 14.2. The molecule has 7 nitrogen and oxygen atoms in total. The van der Waals surface area contributed by atoms with Crippen LogP contribution in [-0.2, 0) is 21.4 Å². The van der Waals surface area contributed by atoms with Crippen molar-refractivity contribution in [1.29, 1.82) is 0 Å². The van der Waals surface area contributed by atoms with Crippen LogP contribution in [0.25, 0.3) is 33.2 Å². The van der Waals surface area contributed by atoms with E-state index in [9.17, 15) is 18.0 Å². The van der Waals surface area contributed by atoms with E-state index in [0.29, 0.717) is 29.4 Å². The zero-order valence-corrected chi connectivity index (χ0v) is 21.8. The van der Waals surface area contributed by atoms with Crippen LogP contribution < -0.4 is 10.3 Å². The molecule has 1 amide bonds. The fraction of sp³-hybridized carbons (Fsp3) is 0.129. The average molecular weight is 536 g/mol. The first kappa shape index (κ1) is 24.8. The normalized spacial score (nSPS) is 13.3. The lowest BCUT2D eigenvalue weighted by Gasteiger charge is -2.13. The van der Waals surface area contributed by atoms with Gasteiger partial charge in [0.25, 0.3) is 15.6 Å². The molecule has 5 aromatic rings. The highest BCUT2D eigenvalue weighted by molar-refractivity contribution is 7.90. The average Bonchev–Trinajstić information content (AvgIpc) is 3.81. The second-order valence-electron chi connectivity index (χ2n) is 9.66. The zero-order chi connectivity index (χ0) is 27.0. The summed E-state index contributed by atoms with van der Waals surface area (Å²) in [7, 11) is -4.01. The quantitative estimate of drug-likeness (QED) is 0.317. The standard InChI is InChI=1S/C31H25N3O4S/c35-30(24-18-19-24)33-39(37,38)28-13-7-6-10-25(28)22-16-14-21(15-17-22)20-34-31(36)27-12-5-4-11-26(27)29(32-34)23-8-2-1-3-9-23/h1-17,24H,18-20H2,(H,33,35). The van der Waals surface area contributed by atoms with E-state index in [1.807, 2.05) is 78.9 Å². The molecule has 0 unspecified atom stereocenters. The maximum Gasteiger partial charge on any atom is 0.274 e. The molecule has 1 aliphatic rings. The predicted octanol–water partition coefficient (Wildman–Crippen LogP) is 4.99. The minimum Gasteiger partial charge on any atom is -0.274 e. The largest absolute Gasteiger partial charge is 0.274 e. The Kier molecular flexibility index (Phi) is 6.32. The molecule has 1 aliphatic carbocycles. The summed E-state index contributed by atoms with van der Waals surface area (Å²) in [6, 6.07) is 31.2. The van der Waals surface area contributed by atoms with Crippen LogP contribution in [0.4, 0.5) is 0 Å². The maximum absolute atomic E-state index is 13.3. The van der Waals surface area contributed by atoms with E-state index in [1.165, 1.54) is 10.7 Å². The molecule has 0 spiro atoms. The molecule has 6 rings (SSSR count). The molecule has 8 heteroatoms. The number of benzene rings is 4. The molecule has 39 heavy (non-hydrogen) atoms. The molecule has 1 aromatic heterocycles. The zero-order valence-electron chi connectivity index (χ0n) is 20.9. The maximum atomic E-state index is 13.3. The molecule has 0 radical (unpaired) electrons. The Labute approximate surface area is 225 Å². The SMILES string of the molecule is O=C(NS(=O)(=O)c1ccccc1-c1ccc(Cn2nc(-c3ccccc3)c3ccccc3c2=O)cc1)C1CC1. The summed E-state index contributed by atoms with van der Waals surface area (Å²) < 4.78 is 29.7. The van der Waals surface area contributed by atoms with Crippen LogP contribution in [0, 0.1) is 5.92 Å². The summed E-state index contributed by atoms with van der Waals surface area (Å²) in [5.74, 6) is -0.677. The fourth-order valence-electron chi connectivity index (χ4n) is 4.67.